The Kier molecular flexibility index (Phi) is 2.49. The van der Waals surface area contributed by atoms with Gasteiger partial charge in [0, 0.05) is 0 Å². The van der Waals surface area contributed by atoms with Crippen molar-refractivity contribution in [3.8, 4) is 0 Å². The van der Waals surface area contributed by atoms with Gasteiger partial charge in [-0.3, -0.25) is 0 Å². The third-order valence-corrected chi connectivity index (χ3v) is 2.20. The van der Waals surface area contributed by atoms with E-state index in [1.807, 2.05) is 0 Å². The summed E-state index contributed by atoms with van der Waals surface area (Å²) in [6.45, 7) is 3.51. The fourth-order valence-electron chi connectivity index (χ4n) is 1.29. The normalized spacial score (nSPS) is 52.6. The van der Waals surface area contributed by atoms with Crippen LogP contribution in [-0.2, 0) is 4.74 Å². The van der Waals surface area contributed by atoms with Crippen molar-refractivity contribution in [3.63, 3.8) is 0 Å². The van der Waals surface area contributed by atoms with Gasteiger partial charge in [-0.15, -0.1) is 0 Å². The minimum atomic E-state index is -0.867. The van der Waals surface area contributed by atoms with Gasteiger partial charge < -0.3 is 20.7 Å². The first-order valence-corrected chi connectivity index (χ1v) is 3.81. The highest BCUT2D eigenvalue weighted by molar-refractivity contribution is 4.91. The highest BCUT2D eigenvalue weighted by Crippen LogP contribution is 2.18. The molecule has 1 heterocycles. The zero-order valence-electron chi connectivity index (χ0n) is 6.77. The quantitative estimate of drug-likeness (QED) is 0.419. The number of aliphatic hydroxyl groups is 2. The van der Waals surface area contributed by atoms with E-state index < -0.39 is 18.2 Å². The topological polar surface area (TPSA) is 75.7 Å². The third kappa shape index (κ3) is 1.54. The predicted octanol–water partition coefficient (Wildman–Crippen LogP) is -1.16. The molecule has 1 rings (SSSR count). The van der Waals surface area contributed by atoms with E-state index in [2.05, 4.69) is 0 Å². The molecule has 4 N–H and O–H groups in total. The van der Waals surface area contributed by atoms with Crippen molar-refractivity contribution in [2.75, 3.05) is 0 Å². The van der Waals surface area contributed by atoms with Gasteiger partial charge in [-0.25, -0.2) is 0 Å². The lowest BCUT2D eigenvalue weighted by molar-refractivity contribution is -0.166. The van der Waals surface area contributed by atoms with Gasteiger partial charge in [-0.2, -0.15) is 0 Å². The predicted molar refractivity (Wildman–Crippen MR) is 40.0 cm³/mol. The SMILES string of the molecule is CC1O[C@@H](C)C(O)C(O)[C@@H]1N. The van der Waals surface area contributed by atoms with Crippen LogP contribution in [0.1, 0.15) is 13.8 Å². The van der Waals surface area contributed by atoms with Gasteiger partial charge >= 0.3 is 0 Å². The maximum absolute atomic E-state index is 9.33. The van der Waals surface area contributed by atoms with Crippen LogP contribution in [-0.4, -0.2) is 40.7 Å². The molecule has 0 saturated carbocycles. The first-order chi connectivity index (χ1) is 5.04. The average molecular weight is 161 g/mol. The maximum Gasteiger partial charge on any atom is 0.107 e. The maximum atomic E-state index is 9.33. The van der Waals surface area contributed by atoms with Crippen LogP contribution in [0.2, 0.25) is 0 Å². The molecule has 4 nitrogen and oxygen atoms in total. The summed E-state index contributed by atoms with van der Waals surface area (Å²) in [5.74, 6) is 0. The Hall–Kier alpha value is -0.160. The van der Waals surface area contributed by atoms with Gasteiger partial charge in [0.05, 0.1) is 24.4 Å². The molecule has 0 radical (unpaired) electrons. The first-order valence-electron chi connectivity index (χ1n) is 3.81. The summed E-state index contributed by atoms with van der Waals surface area (Å²) in [5, 5.41) is 18.6. The van der Waals surface area contributed by atoms with Crippen molar-refractivity contribution < 1.29 is 14.9 Å². The van der Waals surface area contributed by atoms with Crippen LogP contribution < -0.4 is 5.73 Å². The molecule has 5 atom stereocenters. The second-order valence-corrected chi connectivity index (χ2v) is 3.10. The summed E-state index contributed by atoms with van der Waals surface area (Å²) in [6, 6.07) is -0.485. The molecule has 66 valence electrons. The van der Waals surface area contributed by atoms with E-state index in [1.165, 1.54) is 0 Å². The monoisotopic (exact) mass is 161 g/mol. The van der Waals surface area contributed by atoms with E-state index >= 15 is 0 Å². The summed E-state index contributed by atoms with van der Waals surface area (Å²) in [5.41, 5.74) is 5.54. The Morgan fingerprint density at radius 1 is 1.09 bits per heavy atom. The molecule has 1 fully saturated rings. The lowest BCUT2D eigenvalue weighted by atomic mass is 9.95. The zero-order chi connectivity index (χ0) is 8.59. The van der Waals surface area contributed by atoms with E-state index in [9.17, 15) is 10.2 Å². The molecule has 11 heavy (non-hydrogen) atoms. The van der Waals surface area contributed by atoms with Crippen LogP contribution in [0, 0.1) is 0 Å². The number of ether oxygens (including phenoxy) is 1. The van der Waals surface area contributed by atoms with Crippen molar-refractivity contribution >= 4 is 0 Å². The van der Waals surface area contributed by atoms with Crippen LogP contribution >= 0.6 is 0 Å². The van der Waals surface area contributed by atoms with E-state index in [1.54, 1.807) is 13.8 Å². The second kappa shape index (κ2) is 3.06. The fourth-order valence-corrected chi connectivity index (χ4v) is 1.29. The van der Waals surface area contributed by atoms with E-state index in [-0.39, 0.29) is 12.2 Å². The molecule has 0 spiro atoms. The lowest BCUT2D eigenvalue weighted by Crippen LogP contribution is -2.59. The third-order valence-electron chi connectivity index (χ3n) is 2.20. The van der Waals surface area contributed by atoms with E-state index in [0.29, 0.717) is 0 Å². The Bertz CT molecular complexity index is 128. The van der Waals surface area contributed by atoms with Crippen molar-refractivity contribution in [2.45, 2.75) is 44.3 Å². The Morgan fingerprint density at radius 3 is 2.18 bits per heavy atom. The molecule has 1 aliphatic heterocycles. The molecule has 3 unspecified atom stereocenters. The Morgan fingerprint density at radius 2 is 1.64 bits per heavy atom. The van der Waals surface area contributed by atoms with Gasteiger partial charge in [-0.05, 0) is 13.8 Å². The van der Waals surface area contributed by atoms with Crippen LogP contribution in [0.5, 0.6) is 0 Å². The minimum absolute atomic E-state index is 0.191. The zero-order valence-corrected chi connectivity index (χ0v) is 6.77. The average Bonchev–Trinajstić information content (AvgIpc) is 1.97. The molecule has 0 aromatic rings. The number of hydrogen-bond acceptors (Lipinski definition) is 4. The largest absolute Gasteiger partial charge is 0.389 e. The number of rotatable bonds is 0. The van der Waals surface area contributed by atoms with Gasteiger partial charge in [0.25, 0.3) is 0 Å². The molecule has 4 heteroatoms. The van der Waals surface area contributed by atoms with E-state index in [0.717, 1.165) is 0 Å². The molecule has 0 aromatic heterocycles. The van der Waals surface area contributed by atoms with Gasteiger partial charge in [-0.1, -0.05) is 0 Å². The van der Waals surface area contributed by atoms with Crippen molar-refractivity contribution in [1.82, 2.24) is 0 Å². The van der Waals surface area contributed by atoms with Crippen LogP contribution in [0.4, 0.5) is 0 Å². The minimum Gasteiger partial charge on any atom is -0.389 e. The lowest BCUT2D eigenvalue weighted by Gasteiger charge is -2.38. The molecule has 1 saturated heterocycles. The molecular formula is C7H15NO3. The molecule has 0 aliphatic carbocycles. The standard InChI is InChI=1S/C7H15NO3/c1-3-5(8)7(10)6(9)4(2)11-3/h3-7,9-10H,8H2,1-2H3/t3?,4-,5+,6?,7?/m0/s1. The van der Waals surface area contributed by atoms with Gasteiger partial charge in [0.2, 0.25) is 0 Å². The number of nitrogens with two attached hydrogens (primary N) is 1. The Balaban J connectivity index is 2.63. The fraction of sp³-hybridized carbons (Fsp3) is 1.00. The molecule has 0 amide bonds. The van der Waals surface area contributed by atoms with E-state index in [4.69, 9.17) is 10.5 Å². The van der Waals surface area contributed by atoms with Crippen LogP contribution in [0.25, 0.3) is 0 Å². The second-order valence-electron chi connectivity index (χ2n) is 3.10. The molecule has 0 aromatic carbocycles. The van der Waals surface area contributed by atoms with Crippen LogP contribution in [0.3, 0.4) is 0 Å². The number of hydrogen-bond donors (Lipinski definition) is 3. The molecule has 1 aliphatic rings. The van der Waals surface area contributed by atoms with Gasteiger partial charge in [0.1, 0.15) is 6.10 Å². The van der Waals surface area contributed by atoms with Gasteiger partial charge in [0.15, 0.2) is 0 Å². The smallest absolute Gasteiger partial charge is 0.107 e. The van der Waals surface area contributed by atoms with Crippen molar-refractivity contribution in [3.05, 3.63) is 0 Å². The number of aliphatic hydroxyl groups excluding tert-OH is 2. The summed E-state index contributed by atoms with van der Waals surface area (Å²) >= 11 is 0. The molecule has 0 bridgehead atoms. The summed E-state index contributed by atoms with van der Waals surface area (Å²) in [6.07, 6.45) is -2.25. The van der Waals surface area contributed by atoms with Crippen molar-refractivity contribution in [2.24, 2.45) is 5.73 Å². The highest BCUT2D eigenvalue weighted by Gasteiger charge is 2.38. The van der Waals surface area contributed by atoms with Crippen molar-refractivity contribution in [1.29, 1.82) is 0 Å². The summed E-state index contributed by atoms with van der Waals surface area (Å²) in [4.78, 5) is 0. The molecular weight excluding hydrogens is 146 g/mol. The van der Waals surface area contributed by atoms with Crippen LogP contribution in [0.15, 0.2) is 0 Å². The highest BCUT2D eigenvalue weighted by atomic mass is 16.5. The summed E-state index contributed by atoms with van der Waals surface area (Å²) in [7, 11) is 0. The first kappa shape index (κ1) is 8.93. The summed E-state index contributed by atoms with van der Waals surface area (Å²) < 4.78 is 5.25. The Labute approximate surface area is 66.0 Å².